The van der Waals surface area contributed by atoms with Crippen molar-refractivity contribution in [3.63, 3.8) is 0 Å². The molecule has 0 saturated heterocycles. The van der Waals surface area contributed by atoms with Gasteiger partial charge in [-0.3, -0.25) is 10.1 Å². The van der Waals surface area contributed by atoms with E-state index >= 15 is 0 Å². The second kappa shape index (κ2) is 5.05. The van der Waals surface area contributed by atoms with Crippen LogP contribution in [0.2, 0.25) is 0 Å². The molecule has 0 bridgehead atoms. The topological polar surface area (TPSA) is 56.1 Å². The van der Waals surface area contributed by atoms with E-state index in [0.717, 1.165) is 19.2 Å². The molecule has 1 amide bonds. The van der Waals surface area contributed by atoms with E-state index in [2.05, 4.69) is 15.0 Å². The van der Waals surface area contributed by atoms with Crippen molar-refractivity contribution in [1.29, 1.82) is 0 Å². The van der Waals surface area contributed by atoms with E-state index in [0.29, 0.717) is 0 Å². The minimum Gasteiger partial charge on any atom is -0.491 e. The quantitative estimate of drug-likeness (QED) is 0.924. The first kappa shape index (κ1) is 13.0. The Hall–Kier alpha value is -2.44. The minimum atomic E-state index is -0.938. The first-order chi connectivity index (χ1) is 9.02. The Bertz CT molecular complexity index is 602. The fourth-order valence-corrected chi connectivity index (χ4v) is 1.55. The number of benzene rings is 1. The Morgan fingerprint density at radius 2 is 2.00 bits per heavy atom. The van der Waals surface area contributed by atoms with Crippen LogP contribution in [0.1, 0.15) is 10.4 Å². The SMILES string of the molecule is COc1c(F)cc(C(=O)Nc2nccn2C)cc1F. The van der Waals surface area contributed by atoms with Crippen LogP contribution in [0, 0.1) is 11.6 Å². The normalized spacial score (nSPS) is 10.3. The van der Waals surface area contributed by atoms with Crippen molar-refractivity contribution < 1.29 is 18.3 Å². The van der Waals surface area contributed by atoms with E-state index in [1.807, 2.05) is 0 Å². The molecule has 0 aliphatic carbocycles. The lowest BCUT2D eigenvalue weighted by Crippen LogP contribution is -2.15. The number of halogens is 2. The number of hydrogen-bond acceptors (Lipinski definition) is 3. The van der Waals surface area contributed by atoms with Crippen LogP contribution in [0.5, 0.6) is 5.75 Å². The van der Waals surface area contributed by atoms with Crippen molar-refractivity contribution in [1.82, 2.24) is 9.55 Å². The van der Waals surface area contributed by atoms with Crippen molar-refractivity contribution in [3.05, 3.63) is 41.7 Å². The number of carbonyl (C=O) groups is 1. The predicted molar refractivity (Wildman–Crippen MR) is 64.1 cm³/mol. The number of anilines is 1. The largest absolute Gasteiger partial charge is 0.491 e. The van der Waals surface area contributed by atoms with E-state index in [1.165, 1.54) is 6.20 Å². The van der Waals surface area contributed by atoms with E-state index < -0.39 is 23.3 Å². The molecule has 7 heteroatoms. The van der Waals surface area contributed by atoms with Gasteiger partial charge in [0.25, 0.3) is 5.91 Å². The van der Waals surface area contributed by atoms with Gasteiger partial charge in [-0.25, -0.2) is 13.8 Å². The third-order valence-electron chi connectivity index (χ3n) is 2.51. The molecule has 1 heterocycles. The van der Waals surface area contributed by atoms with Gasteiger partial charge in [0.2, 0.25) is 5.95 Å². The lowest BCUT2D eigenvalue weighted by atomic mass is 10.2. The standard InChI is InChI=1S/C12H11F2N3O2/c1-17-4-3-15-12(17)16-11(18)7-5-8(13)10(19-2)9(14)6-7/h3-6H,1-2H3,(H,15,16,18). The average Bonchev–Trinajstić information content (AvgIpc) is 2.74. The van der Waals surface area contributed by atoms with Crippen LogP contribution in [-0.2, 0) is 7.05 Å². The minimum absolute atomic E-state index is 0.154. The summed E-state index contributed by atoms with van der Waals surface area (Å²) in [7, 11) is 2.83. The van der Waals surface area contributed by atoms with Crippen molar-refractivity contribution in [2.45, 2.75) is 0 Å². The summed E-state index contributed by atoms with van der Waals surface area (Å²) in [4.78, 5) is 15.7. The summed E-state index contributed by atoms with van der Waals surface area (Å²) < 4.78 is 33.0. The molecule has 0 spiro atoms. The molecule has 1 aromatic heterocycles. The monoisotopic (exact) mass is 267 g/mol. The Kier molecular flexibility index (Phi) is 3.46. The molecule has 0 aliphatic rings. The summed E-state index contributed by atoms with van der Waals surface area (Å²) in [6.45, 7) is 0. The highest BCUT2D eigenvalue weighted by Gasteiger charge is 2.16. The number of nitrogens with zero attached hydrogens (tertiary/aromatic N) is 2. The maximum atomic E-state index is 13.5. The maximum absolute atomic E-state index is 13.5. The molecule has 0 aliphatic heterocycles. The number of ether oxygens (including phenoxy) is 1. The van der Waals surface area contributed by atoms with E-state index in [-0.39, 0.29) is 11.5 Å². The number of aromatic nitrogens is 2. The number of hydrogen-bond donors (Lipinski definition) is 1. The first-order valence-corrected chi connectivity index (χ1v) is 5.34. The molecular weight excluding hydrogens is 256 g/mol. The van der Waals surface area contributed by atoms with Gasteiger partial charge in [-0.15, -0.1) is 0 Å². The smallest absolute Gasteiger partial charge is 0.258 e. The number of nitrogens with one attached hydrogen (secondary N) is 1. The number of imidazole rings is 1. The Morgan fingerprint density at radius 3 is 2.47 bits per heavy atom. The first-order valence-electron chi connectivity index (χ1n) is 5.34. The van der Waals surface area contributed by atoms with Crippen LogP contribution in [0.15, 0.2) is 24.5 Å². The van der Waals surface area contributed by atoms with Crippen molar-refractivity contribution >= 4 is 11.9 Å². The van der Waals surface area contributed by atoms with Crippen LogP contribution in [0.25, 0.3) is 0 Å². The Labute approximate surface area is 107 Å². The van der Waals surface area contributed by atoms with Gasteiger partial charge >= 0.3 is 0 Å². The number of methoxy groups -OCH3 is 1. The molecule has 100 valence electrons. The third-order valence-corrected chi connectivity index (χ3v) is 2.51. The second-order valence-electron chi connectivity index (χ2n) is 3.79. The number of amides is 1. The molecule has 5 nitrogen and oxygen atoms in total. The van der Waals surface area contributed by atoms with Gasteiger partial charge in [-0.1, -0.05) is 0 Å². The maximum Gasteiger partial charge on any atom is 0.258 e. The lowest BCUT2D eigenvalue weighted by molar-refractivity contribution is 0.102. The van der Waals surface area contributed by atoms with Gasteiger partial charge in [0, 0.05) is 25.0 Å². The van der Waals surface area contributed by atoms with Gasteiger partial charge in [0.05, 0.1) is 7.11 Å². The van der Waals surface area contributed by atoms with Gasteiger partial charge in [0.15, 0.2) is 17.4 Å². The van der Waals surface area contributed by atoms with Crippen LogP contribution in [-0.4, -0.2) is 22.6 Å². The molecule has 0 radical (unpaired) electrons. The van der Waals surface area contributed by atoms with Gasteiger partial charge in [0.1, 0.15) is 0 Å². The molecule has 1 N–H and O–H groups in total. The van der Waals surface area contributed by atoms with Crippen LogP contribution < -0.4 is 10.1 Å². The second-order valence-corrected chi connectivity index (χ2v) is 3.79. The van der Waals surface area contributed by atoms with E-state index in [9.17, 15) is 13.6 Å². The molecule has 0 atom stereocenters. The molecule has 2 aromatic rings. The highest BCUT2D eigenvalue weighted by molar-refractivity contribution is 6.03. The van der Waals surface area contributed by atoms with E-state index in [4.69, 9.17) is 0 Å². The lowest BCUT2D eigenvalue weighted by Gasteiger charge is -2.07. The average molecular weight is 267 g/mol. The fourth-order valence-electron chi connectivity index (χ4n) is 1.55. The zero-order chi connectivity index (χ0) is 14.0. The summed E-state index contributed by atoms with van der Waals surface area (Å²) in [6, 6.07) is 1.81. The summed E-state index contributed by atoms with van der Waals surface area (Å²) >= 11 is 0. The molecule has 2 rings (SSSR count). The molecule has 0 fully saturated rings. The third kappa shape index (κ3) is 2.54. The Balaban J connectivity index is 2.27. The van der Waals surface area contributed by atoms with Crippen LogP contribution in [0.4, 0.5) is 14.7 Å². The number of rotatable bonds is 3. The van der Waals surface area contributed by atoms with Gasteiger partial charge in [-0.05, 0) is 12.1 Å². The molecule has 19 heavy (non-hydrogen) atoms. The number of aryl methyl sites for hydroxylation is 1. The highest BCUT2D eigenvalue weighted by Crippen LogP contribution is 2.23. The Morgan fingerprint density at radius 1 is 1.37 bits per heavy atom. The summed E-state index contributed by atoms with van der Waals surface area (Å²) in [6.07, 6.45) is 3.12. The molecule has 1 aromatic carbocycles. The summed E-state index contributed by atoms with van der Waals surface area (Å²) in [5.41, 5.74) is -0.154. The molecule has 0 unspecified atom stereocenters. The van der Waals surface area contributed by atoms with Crippen molar-refractivity contribution in [3.8, 4) is 5.75 Å². The molecule has 0 saturated carbocycles. The predicted octanol–water partition coefficient (Wildman–Crippen LogP) is 1.96. The highest BCUT2D eigenvalue weighted by atomic mass is 19.1. The fraction of sp³-hybridized carbons (Fsp3) is 0.167. The van der Waals surface area contributed by atoms with Crippen molar-refractivity contribution in [2.75, 3.05) is 12.4 Å². The zero-order valence-corrected chi connectivity index (χ0v) is 10.3. The van der Waals surface area contributed by atoms with Crippen molar-refractivity contribution in [2.24, 2.45) is 7.05 Å². The van der Waals surface area contributed by atoms with Gasteiger partial charge < -0.3 is 9.30 Å². The van der Waals surface area contributed by atoms with E-state index in [1.54, 1.807) is 17.8 Å². The van der Waals surface area contributed by atoms with Gasteiger partial charge in [-0.2, -0.15) is 0 Å². The molecular formula is C12H11F2N3O2. The number of carbonyl (C=O) groups excluding carboxylic acids is 1. The zero-order valence-electron chi connectivity index (χ0n) is 10.3. The van der Waals surface area contributed by atoms with Crippen LogP contribution >= 0.6 is 0 Å². The summed E-state index contributed by atoms with van der Waals surface area (Å²) in [5.74, 6) is -2.77. The summed E-state index contributed by atoms with van der Waals surface area (Å²) in [5, 5.41) is 2.44. The van der Waals surface area contributed by atoms with Crippen LogP contribution in [0.3, 0.4) is 0 Å².